The standard InChI is InChI=1S/C21H18N2O2S/c1-2-25-21(24)16-13-22-17-8-9-18-15(10-11-26-18)19(17)20(16)23-12-14-6-4-3-5-7-14/h3-11,13H,2,12H2,1H3,(H,22,23). The van der Waals surface area contributed by atoms with E-state index in [-0.39, 0.29) is 5.97 Å². The van der Waals surface area contributed by atoms with Crippen molar-refractivity contribution in [2.75, 3.05) is 11.9 Å². The Balaban J connectivity index is 1.88. The third kappa shape index (κ3) is 3.02. The van der Waals surface area contributed by atoms with Gasteiger partial charge < -0.3 is 10.1 Å². The van der Waals surface area contributed by atoms with Crippen molar-refractivity contribution in [2.45, 2.75) is 13.5 Å². The molecule has 0 aliphatic rings. The number of esters is 1. The number of hydrogen-bond acceptors (Lipinski definition) is 5. The predicted molar refractivity (Wildman–Crippen MR) is 107 cm³/mol. The van der Waals surface area contributed by atoms with Gasteiger partial charge in [-0.2, -0.15) is 0 Å². The maximum atomic E-state index is 12.5. The summed E-state index contributed by atoms with van der Waals surface area (Å²) in [5.74, 6) is -0.357. The summed E-state index contributed by atoms with van der Waals surface area (Å²) < 4.78 is 6.42. The van der Waals surface area contributed by atoms with Crippen molar-refractivity contribution in [3.8, 4) is 0 Å². The summed E-state index contributed by atoms with van der Waals surface area (Å²) in [5.41, 5.74) is 3.25. The first-order chi connectivity index (χ1) is 12.8. The SMILES string of the molecule is CCOC(=O)c1cnc2ccc3sccc3c2c1NCc1ccccc1. The van der Waals surface area contributed by atoms with E-state index in [9.17, 15) is 4.79 Å². The number of pyridine rings is 1. The van der Waals surface area contributed by atoms with Crippen LogP contribution in [-0.2, 0) is 11.3 Å². The molecule has 4 aromatic rings. The molecule has 0 radical (unpaired) electrons. The van der Waals surface area contributed by atoms with Crippen LogP contribution in [0, 0.1) is 0 Å². The summed E-state index contributed by atoms with van der Waals surface area (Å²) >= 11 is 1.68. The highest BCUT2D eigenvalue weighted by Crippen LogP contribution is 2.35. The molecule has 0 atom stereocenters. The van der Waals surface area contributed by atoms with E-state index >= 15 is 0 Å². The Morgan fingerprint density at radius 1 is 1.15 bits per heavy atom. The minimum atomic E-state index is -0.357. The molecule has 0 saturated carbocycles. The number of nitrogens with zero attached hydrogens (tertiary/aromatic N) is 1. The zero-order valence-corrected chi connectivity index (χ0v) is 15.2. The first-order valence-corrected chi connectivity index (χ1v) is 9.39. The van der Waals surface area contributed by atoms with E-state index in [1.807, 2.05) is 24.3 Å². The lowest BCUT2D eigenvalue weighted by Gasteiger charge is -2.15. The molecule has 0 unspecified atom stereocenters. The quantitative estimate of drug-likeness (QED) is 0.493. The third-order valence-electron chi connectivity index (χ3n) is 4.27. The van der Waals surface area contributed by atoms with Gasteiger partial charge in [0, 0.05) is 28.2 Å². The molecule has 2 aromatic carbocycles. The molecule has 0 aliphatic heterocycles. The van der Waals surface area contributed by atoms with Gasteiger partial charge >= 0.3 is 5.97 Å². The van der Waals surface area contributed by atoms with Crippen LogP contribution in [0.3, 0.4) is 0 Å². The number of fused-ring (bicyclic) bond motifs is 3. The summed E-state index contributed by atoms with van der Waals surface area (Å²) in [5, 5.41) is 7.58. The number of thiophene rings is 1. The molecule has 130 valence electrons. The smallest absolute Gasteiger partial charge is 0.341 e. The first kappa shape index (κ1) is 16.5. The number of nitrogens with one attached hydrogen (secondary N) is 1. The van der Waals surface area contributed by atoms with Gasteiger partial charge in [0.2, 0.25) is 0 Å². The predicted octanol–water partition coefficient (Wildman–Crippen LogP) is 5.24. The van der Waals surface area contributed by atoms with Gasteiger partial charge in [-0.15, -0.1) is 11.3 Å². The third-order valence-corrected chi connectivity index (χ3v) is 5.15. The van der Waals surface area contributed by atoms with Gasteiger partial charge in [0.15, 0.2) is 0 Å². The van der Waals surface area contributed by atoms with Gasteiger partial charge in [-0.05, 0) is 36.1 Å². The van der Waals surface area contributed by atoms with Crippen LogP contribution in [-0.4, -0.2) is 17.6 Å². The molecule has 26 heavy (non-hydrogen) atoms. The Kier molecular flexibility index (Phi) is 4.54. The lowest BCUT2D eigenvalue weighted by Crippen LogP contribution is -2.11. The average Bonchev–Trinajstić information content (AvgIpc) is 3.15. The summed E-state index contributed by atoms with van der Waals surface area (Å²) in [7, 11) is 0. The van der Waals surface area contributed by atoms with Crippen molar-refractivity contribution < 1.29 is 9.53 Å². The molecule has 0 fully saturated rings. The van der Waals surface area contributed by atoms with Gasteiger partial charge in [-0.25, -0.2) is 4.79 Å². The average molecular weight is 362 g/mol. The number of anilines is 1. The number of rotatable bonds is 5. The largest absolute Gasteiger partial charge is 0.462 e. The summed E-state index contributed by atoms with van der Waals surface area (Å²) in [6, 6.07) is 16.3. The van der Waals surface area contributed by atoms with Crippen LogP contribution >= 0.6 is 11.3 Å². The molecule has 2 aromatic heterocycles. The van der Waals surface area contributed by atoms with Crippen LogP contribution in [0.1, 0.15) is 22.8 Å². The van der Waals surface area contributed by atoms with Gasteiger partial charge in [-0.1, -0.05) is 30.3 Å². The number of aromatic nitrogens is 1. The topological polar surface area (TPSA) is 51.2 Å². The maximum absolute atomic E-state index is 12.5. The van der Waals surface area contributed by atoms with E-state index in [0.29, 0.717) is 18.7 Å². The van der Waals surface area contributed by atoms with Crippen molar-refractivity contribution in [2.24, 2.45) is 0 Å². The normalized spacial score (nSPS) is 11.0. The van der Waals surface area contributed by atoms with Crippen molar-refractivity contribution in [1.82, 2.24) is 4.98 Å². The number of benzene rings is 2. The van der Waals surface area contributed by atoms with E-state index in [2.05, 4.69) is 39.9 Å². The van der Waals surface area contributed by atoms with E-state index < -0.39 is 0 Å². The molecule has 0 saturated heterocycles. The fourth-order valence-electron chi connectivity index (χ4n) is 3.07. The molecule has 0 aliphatic carbocycles. The highest BCUT2D eigenvalue weighted by atomic mass is 32.1. The summed E-state index contributed by atoms with van der Waals surface area (Å²) in [6.07, 6.45) is 1.60. The molecule has 4 rings (SSSR count). The first-order valence-electron chi connectivity index (χ1n) is 8.51. The molecule has 2 heterocycles. The Morgan fingerprint density at radius 2 is 2.00 bits per heavy atom. The number of hydrogen-bond donors (Lipinski definition) is 1. The minimum Gasteiger partial charge on any atom is -0.462 e. The van der Waals surface area contributed by atoms with Crippen LogP contribution in [0.25, 0.3) is 21.0 Å². The van der Waals surface area contributed by atoms with Gasteiger partial charge in [0.25, 0.3) is 0 Å². The second kappa shape index (κ2) is 7.14. The van der Waals surface area contributed by atoms with Crippen LogP contribution in [0.4, 0.5) is 5.69 Å². The van der Waals surface area contributed by atoms with Crippen LogP contribution in [0.5, 0.6) is 0 Å². The Hall–Kier alpha value is -2.92. The van der Waals surface area contributed by atoms with Gasteiger partial charge in [-0.3, -0.25) is 4.98 Å². The molecular formula is C21H18N2O2S. The highest BCUT2D eigenvalue weighted by molar-refractivity contribution is 7.17. The zero-order chi connectivity index (χ0) is 17.9. The fraction of sp³-hybridized carbons (Fsp3) is 0.143. The number of carbonyl (C=O) groups is 1. The molecule has 0 bridgehead atoms. The minimum absolute atomic E-state index is 0.331. The van der Waals surface area contributed by atoms with E-state index in [0.717, 1.165) is 27.5 Å². The summed E-state index contributed by atoms with van der Waals surface area (Å²) in [4.78, 5) is 17.0. The maximum Gasteiger partial charge on any atom is 0.341 e. The van der Waals surface area contributed by atoms with Crippen molar-refractivity contribution in [1.29, 1.82) is 0 Å². The Morgan fingerprint density at radius 3 is 2.81 bits per heavy atom. The van der Waals surface area contributed by atoms with Gasteiger partial charge in [0.05, 0.1) is 17.8 Å². The van der Waals surface area contributed by atoms with Crippen molar-refractivity contribution >= 4 is 44.0 Å². The van der Waals surface area contributed by atoms with E-state index in [4.69, 9.17) is 4.74 Å². The van der Waals surface area contributed by atoms with Crippen LogP contribution < -0.4 is 5.32 Å². The lowest BCUT2D eigenvalue weighted by atomic mass is 10.1. The van der Waals surface area contributed by atoms with Crippen molar-refractivity contribution in [3.63, 3.8) is 0 Å². The highest BCUT2D eigenvalue weighted by Gasteiger charge is 2.18. The van der Waals surface area contributed by atoms with Crippen LogP contribution in [0.15, 0.2) is 60.1 Å². The van der Waals surface area contributed by atoms with E-state index in [1.165, 1.54) is 4.70 Å². The fourth-order valence-corrected chi connectivity index (χ4v) is 3.86. The van der Waals surface area contributed by atoms with Crippen LogP contribution in [0.2, 0.25) is 0 Å². The lowest BCUT2D eigenvalue weighted by molar-refractivity contribution is 0.0527. The molecular weight excluding hydrogens is 344 g/mol. The number of ether oxygens (including phenoxy) is 1. The van der Waals surface area contributed by atoms with Crippen molar-refractivity contribution in [3.05, 3.63) is 71.2 Å². The summed E-state index contributed by atoms with van der Waals surface area (Å²) in [6.45, 7) is 2.76. The second-order valence-corrected chi connectivity index (χ2v) is 6.85. The van der Waals surface area contributed by atoms with E-state index in [1.54, 1.807) is 24.5 Å². The molecule has 0 amide bonds. The number of carbonyl (C=O) groups excluding carboxylic acids is 1. The Bertz CT molecular complexity index is 1070. The molecule has 1 N–H and O–H groups in total. The second-order valence-electron chi connectivity index (χ2n) is 5.90. The molecule has 4 nitrogen and oxygen atoms in total. The molecule has 5 heteroatoms. The molecule has 0 spiro atoms. The van der Waals surface area contributed by atoms with Gasteiger partial charge in [0.1, 0.15) is 5.56 Å². The zero-order valence-electron chi connectivity index (χ0n) is 14.4. The Labute approximate surface area is 155 Å². The monoisotopic (exact) mass is 362 g/mol.